The zero-order chi connectivity index (χ0) is 14.4. The summed E-state index contributed by atoms with van der Waals surface area (Å²) in [5.41, 5.74) is 2.80. The van der Waals surface area contributed by atoms with Crippen molar-refractivity contribution in [2.24, 2.45) is 0 Å². The molecule has 0 fully saturated rings. The number of para-hydroxylation sites is 3. The van der Waals surface area contributed by atoms with E-state index in [4.69, 9.17) is 0 Å². The highest BCUT2D eigenvalue weighted by atomic mass is 16.2. The lowest BCUT2D eigenvalue weighted by atomic mass is 10.1. The number of carbonyl (C=O) groups is 1. The van der Waals surface area contributed by atoms with E-state index in [9.17, 15) is 4.79 Å². The molecule has 2 aromatic carbocycles. The molecule has 1 atom stereocenters. The van der Waals surface area contributed by atoms with Crippen LogP contribution in [-0.2, 0) is 0 Å². The maximum atomic E-state index is 12.4. The summed E-state index contributed by atoms with van der Waals surface area (Å²) in [6, 6.07) is 18.0. The second-order valence-corrected chi connectivity index (χ2v) is 5.39. The molecule has 0 bridgehead atoms. The quantitative estimate of drug-likeness (QED) is 0.682. The summed E-state index contributed by atoms with van der Waals surface area (Å²) < 4.78 is 1.74. The Morgan fingerprint density at radius 2 is 1.76 bits per heavy atom. The molecule has 1 aliphatic rings. The van der Waals surface area contributed by atoms with Crippen molar-refractivity contribution < 1.29 is 4.79 Å². The first-order valence-electron chi connectivity index (χ1n) is 7.10. The topological polar surface area (TPSA) is 38.1 Å². The number of rotatable bonds is 1. The third-order valence-corrected chi connectivity index (χ3v) is 3.95. The van der Waals surface area contributed by atoms with Crippen molar-refractivity contribution in [2.75, 3.05) is 4.90 Å². The van der Waals surface area contributed by atoms with Gasteiger partial charge in [-0.05, 0) is 31.2 Å². The molecule has 0 spiro atoms. The van der Waals surface area contributed by atoms with Crippen LogP contribution >= 0.6 is 0 Å². The van der Waals surface area contributed by atoms with Crippen molar-refractivity contribution in [3.63, 3.8) is 0 Å². The lowest BCUT2D eigenvalue weighted by molar-refractivity contribution is 0.0890. The maximum absolute atomic E-state index is 12.4. The van der Waals surface area contributed by atoms with Crippen molar-refractivity contribution in [3.8, 4) is 0 Å². The molecule has 21 heavy (non-hydrogen) atoms. The van der Waals surface area contributed by atoms with Crippen LogP contribution in [0, 0.1) is 0 Å². The second kappa shape index (κ2) is 4.45. The average molecular weight is 277 g/mol. The number of benzene rings is 2. The average Bonchev–Trinajstić information content (AvgIpc) is 2.87. The van der Waals surface area contributed by atoms with Crippen LogP contribution in [0.5, 0.6) is 0 Å². The first-order chi connectivity index (χ1) is 10.3. The van der Waals surface area contributed by atoms with Gasteiger partial charge in [0.25, 0.3) is 0 Å². The minimum absolute atomic E-state index is 0.101. The summed E-state index contributed by atoms with van der Waals surface area (Å²) in [4.78, 5) is 19.3. The molecule has 0 aliphatic carbocycles. The van der Waals surface area contributed by atoms with Crippen molar-refractivity contribution in [1.29, 1.82) is 0 Å². The Balaban J connectivity index is 1.99. The molecule has 104 valence electrons. The summed E-state index contributed by atoms with van der Waals surface area (Å²) in [5.74, 6) is 0.824. The van der Waals surface area contributed by atoms with E-state index < -0.39 is 0 Å². The molecular weight excluding hydrogens is 262 g/mol. The van der Waals surface area contributed by atoms with Gasteiger partial charge in [-0.1, -0.05) is 30.3 Å². The predicted octanol–water partition coefficient (Wildman–Crippen LogP) is 3.61. The molecule has 0 N–H and O–H groups in total. The molecule has 1 aliphatic heterocycles. The van der Waals surface area contributed by atoms with E-state index in [1.807, 2.05) is 42.5 Å². The van der Waals surface area contributed by atoms with E-state index in [1.165, 1.54) is 0 Å². The van der Waals surface area contributed by atoms with E-state index in [1.54, 1.807) is 4.57 Å². The first kappa shape index (κ1) is 12.1. The van der Waals surface area contributed by atoms with E-state index in [0.717, 1.165) is 16.7 Å². The number of aromatic nitrogens is 2. The molecule has 1 aromatic heterocycles. The third-order valence-electron chi connectivity index (χ3n) is 3.95. The Hall–Kier alpha value is -2.62. The van der Waals surface area contributed by atoms with E-state index >= 15 is 0 Å². The molecule has 4 nitrogen and oxygen atoms in total. The molecule has 0 saturated carbocycles. The highest BCUT2D eigenvalue weighted by Crippen LogP contribution is 2.34. The van der Waals surface area contributed by atoms with E-state index in [-0.39, 0.29) is 11.9 Å². The number of hydrogen-bond acceptors (Lipinski definition) is 3. The van der Waals surface area contributed by atoms with Gasteiger partial charge in [-0.15, -0.1) is 0 Å². The normalized spacial score (nSPS) is 18.0. The van der Waals surface area contributed by atoms with Gasteiger partial charge in [-0.3, -0.25) is 4.79 Å². The largest absolute Gasteiger partial charge is 0.308 e. The van der Waals surface area contributed by atoms with E-state index in [2.05, 4.69) is 28.9 Å². The molecule has 2 heterocycles. The predicted molar refractivity (Wildman–Crippen MR) is 83.0 cm³/mol. The smallest absolute Gasteiger partial charge is 0.236 e. The fourth-order valence-electron chi connectivity index (χ4n) is 3.01. The van der Waals surface area contributed by atoms with Crippen LogP contribution in [0.4, 0.5) is 11.6 Å². The van der Waals surface area contributed by atoms with Gasteiger partial charge < -0.3 is 4.90 Å². The van der Waals surface area contributed by atoms with Gasteiger partial charge in [-0.2, -0.15) is 0 Å². The zero-order valence-corrected chi connectivity index (χ0v) is 11.7. The van der Waals surface area contributed by atoms with Gasteiger partial charge >= 0.3 is 0 Å². The lowest BCUT2D eigenvalue weighted by Gasteiger charge is -2.34. The molecule has 4 rings (SSSR count). The Morgan fingerprint density at radius 1 is 1.05 bits per heavy atom. The fraction of sp³-hybridized carbons (Fsp3) is 0.176. The van der Waals surface area contributed by atoms with Gasteiger partial charge in [-0.25, -0.2) is 9.55 Å². The van der Waals surface area contributed by atoms with Gasteiger partial charge in [0, 0.05) is 18.2 Å². The minimum Gasteiger partial charge on any atom is -0.308 e. The molecule has 0 amide bonds. The summed E-state index contributed by atoms with van der Waals surface area (Å²) in [5, 5.41) is 0. The highest BCUT2D eigenvalue weighted by molar-refractivity contribution is 5.97. The number of fused-ring (bicyclic) bond motifs is 3. The maximum Gasteiger partial charge on any atom is 0.236 e. The second-order valence-electron chi connectivity index (χ2n) is 5.39. The van der Waals surface area contributed by atoms with E-state index in [0.29, 0.717) is 12.4 Å². The standard InChI is InChI=1S/C17H15N3O/c1-12-11-16(21)20-15-10-6-5-9-14(15)18-17(20)19(12)13-7-3-2-4-8-13/h2-10,12H,11H2,1H3. The minimum atomic E-state index is 0.101. The third kappa shape index (κ3) is 1.76. The van der Waals surface area contributed by atoms with Crippen LogP contribution in [0.3, 0.4) is 0 Å². The summed E-state index contributed by atoms with van der Waals surface area (Å²) in [7, 11) is 0. The van der Waals surface area contributed by atoms with Crippen LogP contribution in [0.25, 0.3) is 11.0 Å². The molecule has 0 radical (unpaired) electrons. The van der Waals surface area contributed by atoms with Crippen LogP contribution < -0.4 is 4.90 Å². The Bertz CT molecular complexity index is 822. The number of nitrogens with zero attached hydrogens (tertiary/aromatic N) is 3. The lowest BCUT2D eigenvalue weighted by Crippen LogP contribution is -2.39. The van der Waals surface area contributed by atoms with Crippen LogP contribution in [-0.4, -0.2) is 21.5 Å². The van der Waals surface area contributed by atoms with Gasteiger partial charge in [0.05, 0.1) is 11.0 Å². The van der Waals surface area contributed by atoms with Crippen LogP contribution in [0.1, 0.15) is 18.1 Å². The summed E-state index contributed by atoms with van der Waals surface area (Å²) >= 11 is 0. The first-order valence-corrected chi connectivity index (χ1v) is 7.10. The van der Waals surface area contributed by atoms with Crippen LogP contribution in [0.15, 0.2) is 54.6 Å². The number of imidazole rings is 1. The van der Waals surface area contributed by atoms with Crippen molar-refractivity contribution in [2.45, 2.75) is 19.4 Å². The van der Waals surface area contributed by atoms with Gasteiger partial charge in [0.1, 0.15) is 0 Å². The SMILES string of the molecule is CC1CC(=O)n2c(nc3ccccc32)N1c1ccccc1. The van der Waals surface area contributed by atoms with Gasteiger partial charge in [0.15, 0.2) is 0 Å². The fourth-order valence-corrected chi connectivity index (χ4v) is 3.01. The molecule has 0 saturated heterocycles. The summed E-state index contributed by atoms with van der Waals surface area (Å²) in [6.07, 6.45) is 0.488. The van der Waals surface area contributed by atoms with Gasteiger partial charge in [0.2, 0.25) is 11.9 Å². The monoisotopic (exact) mass is 277 g/mol. The molecule has 4 heteroatoms. The number of carbonyl (C=O) groups excluding carboxylic acids is 1. The summed E-state index contributed by atoms with van der Waals surface area (Å²) in [6.45, 7) is 2.06. The molecular formula is C17H15N3O. The van der Waals surface area contributed by atoms with Crippen molar-refractivity contribution in [1.82, 2.24) is 9.55 Å². The Morgan fingerprint density at radius 3 is 2.57 bits per heavy atom. The Labute approximate surface area is 122 Å². The van der Waals surface area contributed by atoms with Crippen molar-refractivity contribution in [3.05, 3.63) is 54.6 Å². The number of anilines is 2. The zero-order valence-electron chi connectivity index (χ0n) is 11.7. The number of hydrogen-bond donors (Lipinski definition) is 0. The van der Waals surface area contributed by atoms with Crippen LogP contribution in [0.2, 0.25) is 0 Å². The molecule has 1 unspecified atom stereocenters. The molecule has 3 aromatic rings. The van der Waals surface area contributed by atoms with Crippen molar-refractivity contribution >= 4 is 28.6 Å². The highest BCUT2D eigenvalue weighted by Gasteiger charge is 2.32. The Kier molecular flexibility index (Phi) is 2.57.